The molecule has 0 N–H and O–H groups in total. The fourth-order valence-corrected chi connectivity index (χ4v) is 3.74. The molecule has 0 spiro atoms. The SMILES string of the molecule is CCn1ncnc1CC(=O)c1cc2c(s1)CCCC2. The Kier molecular flexibility index (Phi) is 3.46. The van der Waals surface area contributed by atoms with Gasteiger partial charge in [-0.1, -0.05) is 0 Å². The Morgan fingerprint density at radius 2 is 2.26 bits per heavy atom. The highest BCUT2D eigenvalue weighted by atomic mass is 32.1. The highest BCUT2D eigenvalue weighted by Gasteiger charge is 2.18. The Hall–Kier alpha value is -1.49. The predicted molar refractivity (Wildman–Crippen MR) is 74.7 cm³/mol. The van der Waals surface area contributed by atoms with Gasteiger partial charge in [0.2, 0.25) is 0 Å². The molecular formula is C14H17N3OS. The summed E-state index contributed by atoms with van der Waals surface area (Å²) >= 11 is 1.67. The maximum absolute atomic E-state index is 12.3. The second kappa shape index (κ2) is 5.25. The molecule has 2 aromatic rings. The van der Waals surface area contributed by atoms with Crippen LogP contribution >= 0.6 is 11.3 Å². The number of fused-ring (bicyclic) bond motifs is 1. The molecule has 5 heteroatoms. The molecule has 1 aliphatic carbocycles. The summed E-state index contributed by atoms with van der Waals surface area (Å²) in [7, 11) is 0. The fourth-order valence-electron chi connectivity index (χ4n) is 2.55. The lowest BCUT2D eigenvalue weighted by molar-refractivity contribution is 0.0993. The highest BCUT2D eigenvalue weighted by molar-refractivity contribution is 7.14. The van der Waals surface area contributed by atoms with Gasteiger partial charge in [-0.05, 0) is 44.2 Å². The summed E-state index contributed by atoms with van der Waals surface area (Å²) in [5.41, 5.74) is 1.39. The van der Waals surface area contributed by atoms with Crippen LogP contribution in [0.2, 0.25) is 0 Å². The first-order valence-electron chi connectivity index (χ1n) is 6.79. The van der Waals surface area contributed by atoms with Crippen LogP contribution in [0.4, 0.5) is 0 Å². The van der Waals surface area contributed by atoms with Crippen LogP contribution in [0.1, 0.15) is 45.7 Å². The van der Waals surface area contributed by atoms with Crippen molar-refractivity contribution in [3.63, 3.8) is 0 Å². The topological polar surface area (TPSA) is 47.8 Å². The molecule has 0 saturated heterocycles. The first-order chi connectivity index (χ1) is 9.28. The molecule has 0 saturated carbocycles. The number of hydrogen-bond acceptors (Lipinski definition) is 4. The number of carbonyl (C=O) groups excluding carboxylic acids is 1. The maximum atomic E-state index is 12.3. The van der Waals surface area contributed by atoms with E-state index in [0.29, 0.717) is 6.42 Å². The van der Waals surface area contributed by atoms with Crippen LogP contribution in [0.3, 0.4) is 0 Å². The van der Waals surface area contributed by atoms with Gasteiger partial charge in [-0.25, -0.2) is 9.67 Å². The number of hydrogen-bond donors (Lipinski definition) is 0. The third-order valence-electron chi connectivity index (χ3n) is 3.59. The van der Waals surface area contributed by atoms with E-state index in [1.165, 1.54) is 29.6 Å². The van der Waals surface area contributed by atoms with E-state index in [1.807, 2.05) is 6.92 Å². The van der Waals surface area contributed by atoms with Gasteiger partial charge in [0.05, 0.1) is 11.3 Å². The highest BCUT2D eigenvalue weighted by Crippen LogP contribution is 2.30. The van der Waals surface area contributed by atoms with E-state index in [-0.39, 0.29) is 5.78 Å². The van der Waals surface area contributed by atoms with E-state index in [9.17, 15) is 4.79 Å². The van der Waals surface area contributed by atoms with Crippen LogP contribution in [-0.4, -0.2) is 20.5 Å². The number of carbonyl (C=O) groups is 1. The number of ketones is 1. The number of rotatable bonds is 4. The molecule has 0 atom stereocenters. The Morgan fingerprint density at radius 3 is 3.05 bits per heavy atom. The van der Waals surface area contributed by atoms with Gasteiger partial charge < -0.3 is 0 Å². The summed E-state index contributed by atoms with van der Waals surface area (Å²) in [5, 5.41) is 4.10. The number of aryl methyl sites for hydroxylation is 3. The van der Waals surface area contributed by atoms with Gasteiger partial charge in [-0.15, -0.1) is 11.3 Å². The van der Waals surface area contributed by atoms with Gasteiger partial charge in [0.1, 0.15) is 12.2 Å². The minimum atomic E-state index is 0.169. The molecule has 0 fully saturated rings. The zero-order valence-corrected chi connectivity index (χ0v) is 11.9. The molecule has 0 unspecified atom stereocenters. The zero-order valence-electron chi connectivity index (χ0n) is 11.1. The van der Waals surface area contributed by atoms with Gasteiger partial charge in [-0.2, -0.15) is 5.10 Å². The molecule has 1 aliphatic rings. The Labute approximate surface area is 116 Å². The largest absolute Gasteiger partial charge is 0.293 e. The van der Waals surface area contributed by atoms with E-state index in [1.54, 1.807) is 16.0 Å². The summed E-state index contributed by atoms with van der Waals surface area (Å²) in [6, 6.07) is 2.09. The van der Waals surface area contributed by atoms with Crippen molar-refractivity contribution in [1.29, 1.82) is 0 Å². The van der Waals surface area contributed by atoms with Crippen molar-refractivity contribution >= 4 is 17.1 Å². The molecule has 0 radical (unpaired) electrons. The Bertz CT molecular complexity index is 576. The van der Waals surface area contributed by atoms with Gasteiger partial charge in [-0.3, -0.25) is 4.79 Å². The number of nitrogens with zero attached hydrogens (tertiary/aromatic N) is 3. The quantitative estimate of drug-likeness (QED) is 0.806. The van der Waals surface area contributed by atoms with Crippen LogP contribution in [-0.2, 0) is 25.8 Å². The smallest absolute Gasteiger partial charge is 0.180 e. The molecule has 2 heterocycles. The average Bonchev–Trinajstić information content (AvgIpc) is 3.03. The molecule has 19 heavy (non-hydrogen) atoms. The number of aromatic nitrogens is 3. The van der Waals surface area contributed by atoms with E-state index in [4.69, 9.17) is 0 Å². The average molecular weight is 275 g/mol. The lowest BCUT2D eigenvalue weighted by atomic mass is 9.99. The molecule has 2 aromatic heterocycles. The van der Waals surface area contributed by atoms with Crippen LogP contribution in [0, 0.1) is 0 Å². The van der Waals surface area contributed by atoms with Gasteiger partial charge in [0, 0.05) is 11.4 Å². The fraction of sp³-hybridized carbons (Fsp3) is 0.500. The maximum Gasteiger partial charge on any atom is 0.180 e. The summed E-state index contributed by atoms with van der Waals surface area (Å²) in [5.74, 6) is 0.931. The molecular weight excluding hydrogens is 258 g/mol. The van der Waals surface area contributed by atoms with Crippen LogP contribution in [0.15, 0.2) is 12.4 Å². The molecule has 0 aromatic carbocycles. The normalized spacial score (nSPS) is 14.4. The third-order valence-corrected chi connectivity index (χ3v) is 4.86. The Balaban J connectivity index is 1.79. The molecule has 100 valence electrons. The molecule has 3 rings (SSSR count). The molecule has 0 bridgehead atoms. The first kappa shape index (κ1) is 12.5. The van der Waals surface area contributed by atoms with Gasteiger partial charge >= 0.3 is 0 Å². The van der Waals surface area contributed by atoms with E-state index in [0.717, 1.165) is 30.1 Å². The van der Waals surface area contributed by atoms with Crippen molar-refractivity contribution in [1.82, 2.24) is 14.8 Å². The minimum absolute atomic E-state index is 0.169. The number of thiophene rings is 1. The van der Waals surface area contributed by atoms with Gasteiger partial charge in [0.25, 0.3) is 0 Å². The zero-order chi connectivity index (χ0) is 13.2. The number of Topliss-reactive ketones (excluding diaryl/α,β-unsaturated/α-hetero) is 1. The van der Waals surface area contributed by atoms with Crippen LogP contribution in [0.25, 0.3) is 0 Å². The molecule has 0 aliphatic heterocycles. The summed E-state index contributed by atoms with van der Waals surface area (Å²) < 4.78 is 1.78. The van der Waals surface area contributed by atoms with E-state index < -0.39 is 0 Å². The van der Waals surface area contributed by atoms with E-state index in [2.05, 4.69) is 16.1 Å². The standard InChI is InChI=1S/C14H17N3OS/c1-2-17-14(15-9-16-17)8-11(18)13-7-10-5-3-4-6-12(10)19-13/h7,9H,2-6,8H2,1H3. The predicted octanol–water partition coefficient (Wildman–Crippen LogP) is 2.66. The van der Waals surface area contributed by atoms with Crippen molar-refractivity contribution in [2.24, 2.45) is 0 Å². The second-order valence-corrected chi connectivity index (χ2v) is 5.99. The summed E-state index contributed by atoms with van der Waals surface area (Å²) in [6.07, 6.45) is 6.65. The summed E-state index contributed by atoms with van der Waals surface area (Å²) in [4.78, 5) is 18.8. The lowest BCUT2D eigenvalue weighted by Crippen LogP contribution is -2.09. The van der Waals surface area contributed by atoms with E-state index >= 15 is 0 Å². The van der Waals surface area contributed by atoms with Crippen molar-refractivity contribution in [2.45, 2.75) is 45.6 Å². The molecule has 4 nitrogen and oxygen atoms in total. The van der Waals surface area contributed by atoms with Crippen LogP contribution < -0.4 is 0 Å². The molecule has 0 amide bonds. The summed E-state index contributed by atoms with van der Waals surface area (Å²) in [6.45, 7) is 2.76. The second-order valence-electron chi connectivity index (χ2n) is 4.86. The lowest BCUT2D eigenvalue weighted by Gasteiger charge is -2.08. The monoisotopic (exact) mass is 275 g/mol. The Morgan fingerprint density at radius 1 is 1.42 bits per heavy atom. The van der Waals surface area contributed by atoms with Gasteiger partial charge in [0.15, 0.2) is 5.78 Å². The minimum Gasteiger partial charge on any atom is -0.293 e. The van der Waals surface area contributed by atoms with Crippen molar-refractivity contribution < 1.29 is 4.79 Å². The van der Waals surface area contributed by atoms with Crippen molar-refractivity contribution in [2.75, 3.05) is 0 Å². The van der Waals surface area contributed by atoms with Crippen molar-refractivity contribution in [3.8, 4) is 0 Å². The first-order valence-corrected chi connectivity index (χ1v) is 7.61. The van der Waals surface area contributed by atoms with Crippen LogP contribution in [0.5, 0.6) is 0 Å². The third kappa shape index (κ3) is 2.47. The van der Waals surface area contributed by atoms with Crippen molar-refractivity contribution in [3.05, 3.63) is 33.5 Å².